The van der Waals surface area contributed by atoms with Crippen LogP contribution in [0.5, 0.6) is 5.88 Å². The SMILES string of the molecule is [3H]n1ccc(OCc2c(-n3nnn(C)c3=O)noc2C#C)n1. The van der Waals surface area contributed by atoms with Crippen molar-refractivity contribution in [3.05, 3.63) is 34.1 Å². The standard InChI is InChI=1S/C11H9N7O3/c1-3-8-7(6-20-9-4-5-12-13-9)10(14-21-8)18-11(19)17(2)15-16-18/h1,4-5H,6H2,2H3,(H,12,13)/i/hT. The third-order valence-electron chi connectivity index (χ3n) is 2.63. The van der Waals surface area contributed by atoms with Gasteiger partial charge in [0.25, 0.3) is 0 Å². The van der Waals surface area contributed by atoms with Gasteiger partial charge in [0, 0.05) is 19.3 Å². The van der Waals surface area contributed by atoms with Gasteiger partial charge in [-0.05, 0) is 16.3 Å². The van der Waals surface area contributed by atoms with Crippen LogP contribution in [0, 0.1) is 12.3 Å². The topological polar surface area (TPSA) is 117 Å². The van der Waals surface area contributed by atoms with Gasteiger partial charge in [-0.3, -0.25) is 5.09 Å². The molecule has 0 amide bonds. The number of aromatic amines is 1. The van der Waals surface area contributed by atoms with Gasteiger partial charge in [-0.25, -0.2) is 4.79 Å². The molecule has 0 radical (unpaired) electrons. The summed E-state index contributed by atoms with van der Waals surface area (Å²) >= 11 is 0. The van der Waals surface area contributed by atoms with Crippen molar-refractivity contribution in [2.75, 3.05) is 0 Å². The smallest absolute Gasteiger partial charge is 0.369 e. The van der Waals surface area contributed by atoms with Crippen molar-refractivity contribution in [1.29, 1.82) is 0 Å². The molecule has 0 atom stereocenters. The van der Waals surface area contributed by atoms with Crippen LogP contribution in [0.25, 0.3) is 5.82 Å². The molecule has 0 aliphatic heterocycles. The number of nitrogens with one attached hydrogen (secondary N) is 1. The van der Waals surface area contributed by atoms with Crippen LogP contribution < -0.4 is 10.4 Å². The van der Waals surface area contributed by atoms with E-state index in [0.29, 0.717) is 5.56 Å². The fourth-order valence-electron chi connectivity index (χ4n) is 1.60. The number of nitrogens with zero attached hydrogens (tertiary/aromatic N) is 6. The van der Waals surface area contributed by atoms with Crippen molar-refractivity contribution in [3.8, 4) is 24.0 Å². The normalized spacial score (nSPS) is 11.1. The number of hydrogen-bond donors (Lipinski definition) is 1. The van der Waals surface area contributed by atoms with Gasteiger partial charge in [0.15, 0.2) is 1.41 Å². The lowest BCUT2D eigenvalue weighted by atomic mass is 10.2. The average molecular weight is 289 g/mol. The van der Waals surface area contributed by atoms with Crippen LogP contribution in [0.15, 0.2) is 21.6 Å². The molecule has 0 bridgehead atoms. The molecule has 21 heavy (non-hydrogen) atoms. The Balaban J connectivity index is 1.96. The summed E-state index contributed by atoms with van der Waals surface area (Å²) in [6, 6.07) is 1.50. The second-order valence-electron chi connectivity index (χ2n) is 3.91. The summed E-state index contributed by atoms with van der Waals surface area (Å²) in [4.78, 5) is 11.9. The predicted octanol–water partition coefficient (Wildman–Crippen LogP) is -0.763. The van der Waals surface area contributed by atoms with E-state index in [-0.39, 0.29) is 24.1 Å². The van der Waals surface area contributed by atoms with Gasteiger partial charge >= 0.3 is 5.69 Å². The Bertz CT molecular complexity index is 913. The lowest BCUT2D eigenvalue weighted by molar-refractivity contribution is 0.291. The van der Waals surface area contributed by atoms with E-state index in [9.17, 15) is 4.79 Å². The zero-order chi connectivity index (χ0) is 15.7. The minimum atomic E-state index is -0.506. The van der Waals surface area contributed by atoms with Crippen LogP contribution >= 0.6 is 0 Å². The quantitative estimate of drug-likeness (QED) is 0.627. The van der Waals surface area contributed by atoms with Gasteiger partial charge in [0.1, 0.15) is 6.61 Å². The van der Waals surface area contributed by atoms with E-state index in [1.54, 1.807) is 0 Å². The molecule has 10 heteroatoms. The molecule has 3 rings (SSSR count). The highest BCUT2D eigenvalue weighted by Crippen LogP contribution is 2.18. The van der Waals surface area contributed by atoms with E-state index < -0.39 is 5.69 Å². The highest BCUT2D eigenvalue weighted by molar-refractivity contribution is 5.41. The van der Waals surface area contributed by atoms with E-state index in [1.165, 1.54) is 19.3 Å². The first-order chi connectivity index (χ1) is 10.6. The largest absolute Gasteiger partial charge is 0.471 e. The Morgan fingerprint density at radius 3 is 3.10 bits per heavy atom. The van der Waals surface area contributed by atoms with Crippen molar-refractivity contribution >= 4 is 0 Å². The number of hydrogen-bond acceptors (Lipinski definition) is 7. The zero-order valence-electron chi connectivity index (χ0n) is 11.8. The number of tetrazole rings is 1. The lowest BCUT2D eigenvalue weighted by Crippen LogP contribution is -2.23. The van der Waals surface area contributed by atoms with E-state index in [1.807, 2.05) is 0 Å². The lowest BCUT2D eigenvalue weighted by Gasteiger charge is -2.01. The number of terminal acetylenes is 1. The molecule has 3 aromatic rings. The maximum atomic E-state index is 11.9. The third kappa shape index (κ3) is 2.16. The summed E-state index contributed by atoms with van der Waals surface area (Å²) in [6.07, 6.45) is 6.74. The fourth-order valence-corrected chi connectivity index (χ4v) is 1.60. The molecule has 0 spiro atoms. The summed E-state index contributed by atoms with van der Waals surface area (Å²) in [5, 5.41) is 15.6. The van der Waals surface area contributed by atoms with Crippen LogP contribution in [0.4, 0.5) is 0 Å². The summed E-state index contributed by atoms with van der Waals surface area (Å²) in [5.41, 5.74) is -0.154. The van der Waals surface area contributed by atoms with Crippen LogP contribution in [0.3, 0.4) is 0 Å². The number of rotatable bonds is 4. The fraction of sp³-hybridized carbons (Fsp3) is 0.182. The molecular weight excluding hydrogens is 278 g/mol. The highest BCUT2D eigenvalue weighted by Gasteiger charge is 2.21. The van der Waals surface area contributed by atoms with Crippen molar-refractivity contribution in [3.63, 3.8) is 0 Å². The third-order valence-corrected chi connectivity index (χ3v) is 2.63. The predicted molar refractivity (Wildman–Crippen MR) is 67.5 cm³/mol. The molecule has 3 aromatic heterocycles. The van der Waals surface area contributed by atoms with E-state index in [2.05, 4.69) is 26.6 Å². The van der Waals surface area contributed by atoms with E-state index in [0.717, 1.165) is 14.5 Å². The number of aryl methyl sites for hydroxylation is 1. The minimum Gasteiger partial charge on any atom is -0.471 e. The number of ether oxygens (including phenoxy) is 1. The van der Waals surface area contributed by atoms with E-state index in [4.69, 9.17) is 17.1 Å². The molecule has 0 saturated heterocycles. The second kappa shape index (κ2) is 4.97. The van der Waals surface area contributed by atoms with Gasteiger partial charge in [-0.1, -0.05) is 5.16 Å². The van der Waals surface area contributed by atoms with Crippen molar-refractivity contribution in [1.82, 2.24) is 35.1 Å². The Labute approximate surface area is 118 Å². The molecular formula is C11H9N7O3. The molecule has 10 nitrogen and oxygen atoms in total. The maximum Gasteiger partial charge on any atom is 0.369 e. The Morgan fingerprint density at radius 2 is 2.48 bits per heavy atom. The molecule has 1 N–H and O–H groups in total. The van der Waals surface area contributed by atoms with Crippen molar-refractivity contribution in [2.24, 2.45) is 7.05 Å². The average Bonchev–Trinajstić information content (AvgIpc) is 3.18. The monoisotopic (exact) mass is 289 g/mol. The van der Waals surface area contributed by atoms with Crippen LogP contribution in [-0.2, 0) is 13.7 Å². The number of H-pyrrole nitrogens is 1. The molecule has 0 aliphatic rings. The molecule has 0 aromatic carbocycles. The summed E-state index contributed by atoms with van der Waals surface area (Å²) < 4.78 is 19.6. The molecule has 0 unspecified atom stereocenters. The number of aromatic nitrogens is 7. The van der Waals surface area contributed by atoms with Gasteiger partial charge in [-0.2, -0.15) is 4.68 Å². The summed E-state index contributed by atoms with van der Waals surface area (Å²) in [7, 11) is 1.45. The zero-order valence-corrected chi connectivity index (χ0v) is 10.8. The first-order valence-electron chi connectivity index (χ1n) is 6.17. The molecule has 0 saturated carbocycles. The van der Waals surface area contributed by atoms with Crippen LogP contribution in [-0.4, -0.2) is 35.1 Å². The van der Waals surface area contributed by atoms with Crippen LogP contribution in [0.1, 0.15) is 11.3 Å². The molecule has 0 aliphatic carbocycles. The Hall–Kier alpha value is -3.35. The van der Waals surface area contributed by atoms with Gasteiger partial charge in [-0.15, -0.1) is 16.2 Å². The Kier molecular flexibility index (Phi) is 2.71. The molecule has 3 heterocycles. The van der Waals surface area contributed by atoms with Gasteiger partial charge in [0.2, 0.25) is 17.5 Å². The van der Waals surface area contributed by atoms with Crippen molar-refractivity contribution < 1.29 is 10.7 Å². The summed E-state index contributed by atoms with van der Waals surface area (Å²) in [6.45, 7) is -0.0571. The first-order valence-corrected chi connectivity index (χ1v) is 5.72. The second-order valence-corrected chi connectivity index (χ2v) is 3.91. The highest BCUT2D eigenvalue weighted by atomic mass is 16.5. The summed E-state index contributed by atoms with van der Waals surface area (Å²) in [5.74, 6) is 2.73. The molecule has 106 valence electrons. The van der Waals surface area contributed by atoms with Gasteiger partial charge < -0.3 is 9.26 Å². The van der Waals surface area contributed by atoms with Crippen LogP contribution in [0.2, 0.25) is 1.41 Å². The van der Waals surface area contributed by atoms with E-state index >= 15 is 0 Å². The van der Waals surface area contributed by atoms with Crippen molar-refractivity contribution in [2.45, 2.75) is 6.61 Å². The minimum absolute atomic E-state index is 0.0571. The molecule has 0 fully saturated rings. The Morgan fingerprint density at radius 1 is 1.62 bits per heavy atom. The van der Waals surface area contributed by atoms with Gasteiger partial charge in [0.05, 0.1) is 5.56 Å². The maximum absolute atomic E-state index is 11.9. The first kappa shape index (κ1) is 11.5.